The Morgan fingerprint density at radius 3 is 3.11 bits per heavy atom. The number of amides is 1. The summed E-state index contributed by atoms with van der Waals surface area (Å²) in [4.78, 5) is 18.2. The Balaban J connectivity index is 1.72. The van der Waals surface area contributed by atoms with Gasteiger partial charge >= 0.3 is 0 Å². The highest BCUT2D eigenvalue weighted by Crippen LogP contribution is 2.40. The Labute approximate surface area is 116 Å². The highest BCUT2D eigenvalue weighted by Gasteiger charge is 2.43. The van der Waals surface area contributed by atoms with Gasteiger partial charge in [0.05, 0.1) is 5.60 Å². The quantitative estimate of drug-likeness (QED) is 0.817. The van der Waals surface area contributed by atoms with Crippen LogP contribution in [0.3, 0.4) is 0 Å². The largest absolute Gasteiger partial charge is 0.389 e. The number of piperidine rings is 1. The van der Waals surface area contributed by atoms with Crippen molar-refractivity contribution in [1.82, 2.24) is 9.88 Å². The maximum atomic E-state index is 12.3. The second-order valence-electron chi connectivity index (χ2n) is 5.62. The molecule has 1 aliphatic heterocycles. The second kappa shape index (κ2) is 4.76. The summed E-state index contributed by atoms with van der Waals surface area (Å²) < 4.78 is 0. The van der Waals surface area contributed by atoms with E-state index in [4.69, 9.17) is 5.73 Å². The smallest absolute Gasteiger partial charge is 0.273 e. The summed E-state index contributed by atoms with van der Waals surface area (Å²) in [5, 5.41) is 12.7. The van der Waals surface area contributed by atoms with Crippen molar-refractivity contribution in [2.75, 3.05) is 18.8 Å². The van der Waals surface area contributed by atoms with E-state index in [1.165, 1.54) is 11.3 Å². The summed E-state index contributed by atoms with van der Waals surface area (Å²) in [7, 11) is 0. The first-order chi connectivity index (χ1) is 9.08. The molecule has 1 saturated carbocycles. The number of hydrogen-bond acceptors (Lipinski definition) is 5. The van der Waals surface area contributed by atoms with E-state index in [0.29, 0.717) is 30.3 Å². The first kappa shape index (κ1) is 12.9. The molecule has 0 radical (unpaired) electrons. The Morgan fingerprint density at radius 1 is 1.53 bits per heavy atom. The maximum Gasteiger partial charge on any atom is 0.273 e. The lowest BCUT2D eigenvalue weighted by atomic mass is 9.71. The molecule has 3 N–H and O–H groups in total. The van der Waals surface area contributed by atoms with Crippen LogP contribution in [-0.2, 0) is 0 Å². The van der Waals surface area contributed by atoms with Crippen LogP contribution in [0.15, 0.2) is 5.38 Å². The molecule has 0 spiro atoms. The van der Waals surface area contributed by atoms with Crippen molar-refractivity contribution in [3.8, 4) is 0 Å². The topological polar surface area (TPSA) is 79.5 Å². The van der Waals surface area contributed by atoms with Gasteiger partial charge in [-0.25, -0.2) is 4.98 Å². The van der Waals surface area contributed by atoms with Gasteiger partial charge in [-0.2, -0.15) is 0 Å². The number of nitrogens with zero attached hydrogens (tertiary/aromatic N) is 2. The Morgan fingerprint density at radius 2 is 2.37 bits per heavy atom. The number of aliphatic hydroxyl groups is 1. The number of rotatable bonds is 1. The lowest BCUT2D eigenvalue weighted by Gasteiger charge is -2.47. The van der Waals surface area contributed by atoms with Crippen molar-refractivity contribution in [2.45, 2.75) is 37.7 Å². The third-order valence-electron chi connectivity index (χ3n) is 4.46. The van der Waals surface area contributed by atoms with Crippen LogP contribution < -0.4 is 5.73 Å². The van der Waals surface area contributed by atoms with Gasteiger partial charge in [-0.1, -0.05) is 12.8 Å². The fourth-order valence-corrected chi connectivity index (χ4v) is 3.84. The monoisotopic (exact) mass is 281 g/mol. The van der Waals surface area contributed by atoms with E-state index < -0.39 is 5.60 Å². The SMILES string of the molecule is Nc1nc(C(=O)N2CCC3(O)CCCCC3C2)cs1. The van der Waals surface area contributed by atoms with E-state index in [9.17, 15) is 9.90 Å². The van der Waals surface area contributed by atoms with Gasteiger partial charge in [-0.15, -0.1) is 11.3 Å². The van der Waals surface area contributed by atoms with Crippen molar-refractivity contribution in [1.29, 1.82) is 0 Å². The van der Waals surface area contributed by atoms with Gasteiger partial charge in [-0.05, 0) is 19.3 Å². The minimum Gasteiger partial charge on any atom is -0.389 e. The molecule has 1 saturated heterocycles. The normalized spacial score (nSPS) is 31.0. The molecule has 6 heteroatoms. The molecule has 0 bridgehead atoms. The molecule has 3 rings (SSSR count). The van der Waals surface area contributed by atoms with Crippen LogP contribution in [-0.4, -0.2) is 39.6 Å². The average Bonchev–Trinajstić information content (AvgIpc) is 2.83. The summed E-state index contributed by atoms with van der Waals surface area (Å²) in [5.41, 5.74) is 5.46. The summed E-state index contributed by atoms with van der Waals surface area (Å²) >= 11 is 1.29. The highest BCUT2D eigenvalue weighted by molar-refractivity contribution is 7.13. The van der Waals surface area contributed by atoms with Gasteiger partial charge in [0, 0.05) is 24.4 Å². The molecule has 0 aromatic carbocycles. The molecule has 19 heavy (non-hydrogen) atoms. The Hall–Kier alpha value is -1.14. The van der Waals surface area contributed by atoms with Crippen molar-refractivity contribution in [3.05, 3.63) is 11.1 Å². The molecule has 1 aromatic rings. The average molecular weight is 281 g/mol. The van der Waals surface area contributed by atoms with E-state index in [0.717, 1.165) is 25.7 Å². The van der Waals surface area contributed by atoms with Crippen LogP contribution in [0.2, 0.25) is 0 Å². The molecular weight excluding hydrogens is 262 g/mol. The molecule has 2 atom stereocenters. The van der Waals surface area contributed by atoms with E-state index in [1.54, 1.807) is 5.38 Å². The standard InChI is InChI=1S/C13H19N3O2S/c14-12-15-10(8-19-12)11(17)16-6-5-13(18)4-2-1-3-9(13)7-16/h8-9,18H,1-7H2,(H2,14,15). The van der Waals surface area contributed by atoms with Crippen molar-refractivity contribution >= 4 is 22.4 Å². The predicted molar refractivity (Wildman–Crippen MR) is 74.0 cm³/mol. The van der Waals surface area contributed by atoms with Gasteiger partial charge in [-0.3, -0.25) is 4.79 Å². The molecule has 1 aromatic heterocycles. The van der Waals surface area contributed by atoms with Gasteiger partial charge in [0.25, 0.3) is 5.91 Å². The molecule has 1 amide bonds. The van der Waals surface area contributed by atoms with Gasteiger partial charge in [0.1, 0.15) is 5.69 Å². The number of anilines is 1. The van der Waals surface area contributed by atoms with Crippen LogP contribution in [0.1, 0.15) is 42.6 Å². The van der Waals surface area contributed by atoms with E-state index >= 15 is 0 Å². The zero-order chi connectivity index (χ0) is 13.5. The summed E-state index contributed by atoms with van der Waals surface area (Å²) in [6.07, 6.45) is 4.83. The highest BCUT2D eigenvalue weighted by atomic mass is 32.1. The Kier molecular flexibility index (Phi) is 3.22. The number of carbonyl (C=O) groups is 1. The number of hydrogen-bond donors (Lipinski definition) is 2. The van der Waals surface area contributed by atoms with Crippen molar-refractivity contribution in [2.24, 2.45) is 5.92 Å². The van der Waals surface area contributed by atoms with Crippen molar-refractivity contribution in [3.63, 3.8) is 0 Å². The third kappa shape index (κ3) is 2.34. The molecule has 2 fully saturated rings. The number of likely N-dealkylation sites (tertiary alicyclic amines) is 1. The number of carbonyl (C=O) groups excluding carboxylic acids is 1. The minimum atomic E-state index is -0.546. The maximum absolute atomic E-state index is 12.3. The first-order valence-electron chi connectivity index (χ1n) is 6.81. The van der Waals surface area contributed by atoms with Crippen LogP contribution in [0.4, 0.5) is 5.13 Å². The van der Waals surface area contributed by atoms with Crippen molar-refractivity contribution < 1.29 is 9.90 Å². The number of aromatic nitrogens is 1. The van der Waals surface area contributed by atoms with Crippen LogP contribution in [0.25, 0.3) is 0 Å². The molecule has 2 heterocycles. The number of nitrogens with two attached hydrogens (primary N) is 1. The third-order valence-corrected chi connectivity index (χ3v) is 5.13. The molecule has 5 nitrogen and oxygen atoms in total. The molecule has 2 aliphatic rings. The summed E-state index contributed by atoms with van der Waals surface area (Å²) in [5.74, 6) is 0.163. The van der Waals surface area contributed by atoms with E-state index in [1.807, 2.05) is 4.90 Å². The fraction of sp³-hybridized carbons (Fsp3) is 0.692. The molecular formula is C13H19N3O2S. The lowest BCUT2D eigenvalue weighted by molar-refractivity contribution is -0.0886. The first-order valence-corrected chi connectivity index (χ1v) is 7.69. The minimum absolute atomic E-state index is 0.0550. The van der Waals surface area contributed by atoms with Crippen LogP contribution in [0, 0.1) is 5.92 Å². The van der Waals surface area contributed by atoms with Gasteiger partial charge in [0.15, 0.2) is 5.13 Å². The molecule has 1 aliphatic carbocycles. The zero-order valence-corrected chi connectivity index (χ0v) is 11.7. The fourth-order valence-electron chi connectivity index (χ4n) is 3.30. The number of thiazole rings is 1. The number of nitrogen functional groups attached to an aromatic ring is 1. The van der Waals surface area contributed by atoms with Crippen LogP contribution >= 0.6 is 11.3 Å². The second-order valence-corrected chi connectivity index (χ2v) is 6.51. The summed E-state index contributed by atoms with van der Waals surface area (Å²) in [6.45, 7) is 1.26. The van der Waals surface area contributed by atoms with E-state index in [-0.39, 0.29) is 11.8 Å². The molecule has 104 valence electrons. The molecule has 2 unspecified atom stereocenters. The summed E-state index contributed by atoms with van der Waals surface area (Å²) in [6, 6.07) is 0. The predicted octanol–water partition coefficient (Wildman–Crippen LogP) is 1.49. The van der Waals surface area contributed by atoms with Crippen LogP contribution in [0.5, 0.6) is 0 Å². The van der Waals surface area contributed by atoms with Gasteiger partial charge in [0.2, 0.25) is 0 Å². The van der Waals surface area contributed by atoms with E-state index in [2.05, 4.69) is 4.98 Å². The lowest BCUT2D eigenvalue weighted by Crippen LogP contribution is -2.54. The van der Waals surface area contributed by atoms with Gasteiger partial charge < -0.3 is 15.7 Å². The number of fused-ring (bicyclic) bond motifs is 1. The zero-order valence-electron chi connectivity index (χ0n) is 10.8. The Bertz CT molecular complexity index is 490.